The number of likely N-dealkylation sites (tertiary alicyclic amines) is 1. The highest BCUT2D eigenvalue weighted by atomic mass is 32.2. The number of aromatic nitrogens is 2. The lowest BCUT2D eigenvalue weighted by atomic mass is 10.2. The van der Waals surface area contributed by atoms with E-state index in [1.807, 2.05) is 36.9 Å². The number of nitrogens with zero attached hydrogens (tertiary/aromatic N) is 3. The molecule has 1 amide bonds. The molecule has 27 heavy (non-hydrogen) atoms. The summed E-state index contributed by atoms with van der Waals surface area (Å²) >= 11 is 1.36. The Hall–Kier alpha value is -1.86. The first-order chi connectivity index (χ1) is 13.1. The van der Waals surface area contributed by atoms with Crippen LogP contribution in [0.25, 0.3) is 10.9 Å². The summed E-state index contributed by atoms with van der Waals surface area (Å²) in [4.78, 5) is 31.9. The summed E-state index contributed by atoms with van der Waals surface area (Å²) in [5.41, 5.74) is 0.620. The van der Waals surface area contributed by atoms with Crippen LogP contribution in [0, 0.1) is 0 Å². The van der Waals surface area contributed by atoms with Crippen LogP contribution < -0.4 is 5.56 Å². The highest BCUT2D eigenvalue weighted by Crippen LogP contribution is 2.20. The molecule has 1 saturated heterocycles. The minimum atomic E-state index is -0.0544. The van der Waals surface area contributed by atoms with Crippen LogP contribution in [0.15, 0.2) is 34.2 Å². The van der Waals surface area contributed by atoms with Crippen molar-refractivity contribution in [3.63, 3.8) is 0 Å². The van der Waals surface area contributed by atoms with Crippen molar-refractivity contribution in [2.45, 2.75) is 50.9 Å². The van der Waals surface area contributed by atoms with Crippen molar-refractivity contribution in [1.29, 1.82) is 0 Å². The van der Waals surface area contributed by atoms with E-state index in [2.05, 4.69) is 4.98 Å². The molecule has 6 nitrogen and oxygen atoms in total. The van der Waals surface area contributed by atoms with Crippen LogP contribution in [0.5, 0.6) is 0 Å². The van der Waals surface area contributed by atoms with Gasteiger partial charge < -0.3 is 9.64 Å². The molecule has 0 saturated carbocycles. The Bertz CT molecular complexity index is 844. The maximum absolute atomic E-state index is 13.0. The van der Waals surface area contributed by atoms with E-state index >= 15 is 0 Å². The Morgan fingerprint density at radius 1 is 1.26 bits per heavy atom. The first kappa shape index (κ1) is 19.9. The van der Waals surface area contributed by atoms with E-state index in [-0.39, 0.29) is 17.6 Å². The number of ether oxygens (including phenoxy) is 1. The predicted molar refractivity (Wildman–Crippen MR) is 108 cm³/mol. The third kappa shape index (κ3) is 5.11. The monoisotopic (exact) mass is 389 g/mol. The van der Waals surface area contributed by atoms with Gasteiger partial charge in [0.15, 0.2) is 5.16 Å². The fraction of sp³-hybridized carbons (Fsp3) is 0.550. The molecule has 1 aromatic carbocycles. The topological polar surface area (TPSA) is 64.4 Å². The Balaban J connectivity index is 1.78. The molecule has 0 aliphatic carbocycles. The lowest BCUT2D eigenvalue weighted by Gasteiger charge is -2.16. The summed E-state index contributed by atoms with van der Waals surface area (Å²) in [6.07, 6.45) is 3.05. The molecule has 0 spiro atoms. The zero-order chi connectivity index (χ0) is 19.2. The van der Waals surface area contributed by atoms with E-state index < -0.39 is 0 Å². The van der Waals surface area contributed by atoms with Gasteiger partial charge >= 0.3 is 0 Å². The van der Waals surface area contributed by atoms with Crippen LogP contribution in [0.1, 0.15) is 33.1 Å². The van der Waals surface area contributed by atoms with Gasteiger partial charge in [-0.3, -0.25) is 14.2 Å². The molecule has 1 fully saturated rings. The molecule has 0 radical (unpaired) electrons. The molecule has 1 aliphatic rings. The van der Waals surface area contributed by atoms with Crippen molar-refractivity contribution in [2.24, 2.45) is 0 Å². The van der Waals surface area contributed by atoms with Crippen molar-refractivity contribution in [2.75, 3.05) is 25.4 Å². The van der Waals surface area contributed by atoms with E-state index in [1.165, 1.54) is 11.8 Å². The SMILES string of the molecule is CC(C)OCCCn1c(SCC(=O)N2CCCC2)nc2ccccc2c1=O. The number of thioether (sulfide) groups is 1. The van der Waals surface area contributed by atoms with E-state index in [0.717, 1.165) is 32.4 Å². The fourth-order valence-corrected chi connectivity index (χ4v) is 4.11. The number of para-hydroxylation sites is 1. The molecule has 0 bridgehead atoms. The Morgan fingerprint density at radius 2 is 2.00 bits per heavy atom. The number of benzene rings is 1. The molecule has 0 atom stereocenters. The number of hydrogen-bond donors (Lipinski definition) is 0. The average molecular weight is 390 g/mol. The Morgan fingerprint density at radius 3 is 2.74 bits per heavy atom. The van der Waals surface area contributed by atoms with Crippen molar-refractivity contribution >= 4 is 28.6 Å². The van der Waals surface area contributed by atoms with E-state index in [4.69, 9.17) is 4.74 Å². The predicted octanol–water partition coefficient (Wildman–Crippen LogP) is 2.93. The van der Waals surface area contributed by atoms with Gasteiger partial charge in [-0.25, -0.2) is 4.98 Å². The lowest BCUT2D eigenvalue weighted by Crippen LogP contribution is -2.30. The van der Waals surface area contributed by atoms with Crippen LogP contribution in [0.4, 0.5) is 0 Å². The lowest BCUT2D eigenvalue weighted by molar-refractivity contribution is -0.127. The van der Waals surface area contributed by atoms with Crippen LogP contribution in [0.3, 0.4) is 0 Å². The van der Waals surface area contributed by atoms with Crippen molar-refractivity contribution in [3.8, 4) is 0 Å². The third-order valence-electron chi connectivity index (χ3n) is 4.59. The highest BCUT2D eigenvalue weighted by molar-refractivity contribution is 7.99. The second-order valence-corrected chi connectivity index (χ2v) is 7.96. The van der Waals surface area contributed by atoms with Crippen LogP contribution in [0.2, 0.25) is 0 Å². The van der Waals surface area contributed by atoms with Gasteiger partial charge in [0.05, 0.1) is 22.8 Å². The van der Waals surface area contributed by atoms with E-state index in [9.17, 15) is 9.59 Å². The highest BCUT2D eigenvalue weighted by Gasteiger charge is 2.19. The maximum atomic E-state index is 13.0. The van der Waals surface area contributed by atoms with Crippen molar-refractivity contribution in [3.05, 3.63) is 34.6 Å². The minimum Gasteiger partial charge on any atom is -0.379 e. The Kier molecular flexibility index (Phi) is 6.90. The molecule has 2 aromatic rings. The van der Waals surface area contributed by atoms with Crippen molar-refractivity contribution in [1.82, 2.24) is 14.5 Å². The molecule has 0 N–H and O–H groups in total. The summed E-state index contributed by atoms with van der Waals surface area (Å²) in [5.74, 6) is 0.433. The second kappa shape index (κ2) is 9.37. The smallest absolute Gasteiger partial charge is 0.262 e. The van der Waals surface area contributed by atoms with Gasteiger partial charge in [0, 0.05) is 26.2 Å². The maximum Gasteiger partial charge on any atom is 0.262 e. The molecule has 2 heterocycles. The molecule has 146 valence electrons. The quantitative estimate of drug-likeness (QED) is 0.395. The molecule has 7 heteroatoms. The third-order valence-corrected chi connectivity index (χ3v) is 5.55. The first-order valence-electron chi connectivity index (χ1n) is 9.58. The standard InChI is InChI=1S/C20H27N3O3S/c1-15(2)26-13-7-12-23-19(25)16-8-3-4-9-17(16)21-20(23)27-14-18(24)22-10-5-6-11-22/h3-4,8-9,15H,5-7,10-14H2,1-2H3. The number of fused-ring (bicyclic) bond motifs is 1. The number of carbonyl (C=O) groups is 1. The number of rotatable bonds is 8. The molecule has 1 aliphatic heterocycles. The summed E-state index contributed by atoms with van der Waals surface area (Å²) in [6.45, 7) is 6.79. The summed E-state index contributed by atoms with van der Waals surface area (Å²) < 4.78 is 7.28. The summed E-state index contributed by atoms with van der Waals surface area (Å²) in [6, 6.07) is 7.37. The molecule has 1 aromatic heterocycles. The average Bonchev–Trinajstić information content (AvgIpc) is 3.19. The van der Waals surface area contributed by atoms with Crippen LogP contribution in [-0.2, 0) is 16.1 Å². The van der Waals surface area contributed by atoms with Gasteiger partial charge in [0.2, 0.25) is 5.91 Å². The van der Waals surface area contributed by atoms with Gasteiger partial charge in [-0.05, 0) is 45.2 Å². The molecular formula is C20H27N3O3S. The Labute approximate surface area is 163 Å². The zero-order valence-corrected chi connectivity index (χ0v) is 16.8. The largest absolute Gasteiger partial charge is 0.379 e. The van der Waals surface area contributed by atoms with Crippen molar-refractivity contribution < 1.29 is 9.53 Å². The minimum absolute atomic E-state index is 0.0544. The normalized spacial score (nSPS) is 14.4. The molecular weight excluding hydrogens is 362 g/mol. The van der Waals surface area contributed by atoms with Crippen LogP contribution in [-0.4, -0.2) is 51.9 Å². The van der Waals surface area contributed by atoms with E-state index in [0.29, 0.717) is 35.0 Å². The van der Waals surface area contributed by atoms with Gasteiger partial charge in [0.25, 0.3) is 5.56 Å². The first-order valence-corrected chi connectivity index (χ1v) is 10.6. The van der Waals surface area contributed by atoms with Crippen LogP contribution >= 0.6 is 11.8 Å². The van der Waals surface area contributed by atoms with Gasteiger partial charge in [-0.1, -0.05) is 23.9 Å². The molecule has 0 unspecified atom stereocenters. The zero-order valence-electron chi connectivity index (χ0n) is 16.0. The number of carbonyl (C=O) groups excluding carboxylic acids is 1. The summed E-state index contributed by atoms with van der Waals surface area (Å²) in [7, 11) is 0. The van der Waals surface area contributed by atoms with Gasteiger partial charge in [-0.15, -0.1) is 0 Å². The second-order valence-electron chi connectivity index (χ2n) is 7.02. The van der Waals surface area contributed by atoms with Gasteiger partial charge in [0.1, 0.15) is 0 Å². The number of hydrogen-bond acceptors (Lipinski definition) is 5. The fourth-order valence-electron chi connectivity index (χ4n) is 3.18. The summed E-state index contributed by atoms with van der Waals surface area (Å²) in [5, 5.41) is 1.22. The van der Waals surface area contributed by atoms with Gasteiger partial charge in [-0.2, -0.15) is 0 Å². The number of amides is 1. The van der Waals surface area contributed by atoms with E-state index in [1.54, 1.807) is 10.6 Å². The molecule has 3 rings (SSSR count).